The number of halogens is 4. The van der Waals surface area contributed by atoms with Gasteiger partial charge in [-0.1, -0.05) is 11.6 Å². The van der Waals surface area contributed by atoms with Crippen LogP contribution in [0.2, 0.25) is 5.02 Å². The minimum absolute atomic E-state index is 0.387. The lowest BCUT2D eigenvalue weighted by molar-refractivity contribution is -0.140. The number of nitrogens with zero attached hydrogens (tertiary/aromatic N) is 1. The summed E-state index contributed by atoms with van der Waals surface area (Å²) in [6.45, 7) is 0. The second-order valence-electron chi connectivity index (χ2n) is 2.43. The van der Waals surface area contributed by atoms with Gasteiger partial charge in [0.1, 0.15) is 5.69 Å². The summed E-state index contributed by atoms with van der Waals surface area (Å²) in [7, 11) is -2.30. The van der Waals surface area contributed by atoms with E-state index in [1.807, 2.05) is 0 Å². The van der Waals surface area contributed by atoms with E-state index in [9.17, 15) is 13.2 Å². The summed E-state index contributed by atoms with van der Waals surface area (Å²) in [5.41, 5.74) is -2.22. The first kappa shape index (κ1) is 11.3. The van der Waals surface area contributed by atoms with Crippen LogP contribution in [0.5, 0.6) is 0 Å². The van der Waals surface area contributed by atoms with E-state index in [0.717, 1.165) is 12.3 Å². The molecule has 0 aliphatic heterocycles. The molecule has 0 saturated carbocycles. The van der Waals surface area contributed by atoms with Gasteiger partial charge in [0.05, 0.1) is 0 Å². The van der Waals surface area contributed by atoms with Gasteiger partial charge in [0.25, 0.3) is 0 Å². The molecule has 0 saturated heterocycles. The van der Waals surface area contributed by atoms with Crippen molar-refractivity contribution in [1.29, 1.82) is 0 Å². The Morgan fingerprint density at radius 3 is 2.29 bits per heavy atom. The maximum Gasteiger partial charge on any atom is 0.492 e. The Kier molecular flexibility index (Phi) is 3.03. The fourth-order valence-corrected chi connectivity index (χ4v) is 1.16. The standard InChI is InChI=1S/C6H4BClF3NO2/c8-3-1-2-12-5(6(9,10)11)4(3)7(13)14/h1-2,13-14H. The highest BCUT2D eigenvalue weighted by atomic mass is 35.5. The Labute approximate surface area is 82.3 Å². The van der Waals surface area contributed by atoms with Gasteiger partial charge in [-0.15, -0.1) is 0 Å². The van der Waals surface area contributed by atoms with Crippen LogP contribution in [0.3, 0.4) is 0 Å². The van der Waals surface area contributed by atoms with E-state index in [4.69, 9.17) is 21.6 Å². The van der Waals surface area contributed by atoms with Crippen molar-refractivity contribution in [1.82, 2.24) is 4.98 Å². The molecular formula is C6H4BClF3NO2. The van der Waals surface area contributed by atoms with E-state index in [2.05, 4.69) is 4.98 Å². The van der Waals surface area contributed by atoms with Crippen LogP contribution < -0.4 is 5.46 Å². The average molecular weight is 225 g/mol. The molecule has 2 N–H and O–H groups in total. The largest absolute Gasteiger partial charge is 0.492 e. The van der Waals surface area contributed by atoms with Gasteiger partial charge in [-0.05, 0) is 6.07 Å². The quantitative estimate of drug-likeness (QED) is 0.682. The summed E-state index contributed by atoms with van der Waals surface area (Å²) in [6, 6.07) is 1.05. The fraction of sp³-hybridized carbons (Fsp3) is 0.167. The van der Waals surface area contributed by atoms with Crippen molar-refractivity contribution in [2.45, 2.75) is 6.18 Å². The summed E-state index contributed by atoms with van der Waals surface area (Å²) in [6.07, 6.45) is -3.92. The van der Waals surface area contributed by atoms with E-state index >= 15 is 0 Å². The third kappa shape index (κ3) is 2.17. The smallest absolute Gasteiger partial charge is 0.423 e. The highest BCUT2D eigenvalue weighted by Gasteiger charge is 2.39. The van der Waals surface area contributed by atoms with Crippen molar-refractivity contribution in [3.05, 3.63) is 23.0 Å². The third-order valence-electron chi connectivity index (χ3n) is 1.46. The summed E-state index contributed by atoms with van der Waals surface area (Å²) in [4.78, 5) is 3.00. The van der Waals surface area contributed by atoms with E-state index in [0.29, 0.717) is 0 Å². The highest BCUT2D eigenvalue weighted by Crippen LogP contribution is 2.27. The molecule has 1 heterocycles. The maximum absolute atomic E-state index is 12.2. The summed E-state index contributed by atoms with van der Waals surface area (Å²) >= 11 is 5.37. The predicted octanol–water partition coefficient (Wildman–Crippen LogP) is 0.434. The molecule has 0 aliphatic rings. The zero-order valence-electron chi connectivity index (χ0n) is 6.59. The molecular weight excluding hydrogens is 221 g/mol. The van der Waals surface area contributed by atoms with Gasteiger partial charge in [-0.3, -0.25) is 4.98 Å². The van der Waals surface area contributed by atoms with E-state index in [-0.39, 0.29) is 5.02 Å². The summed E-state index contributed by atoms with van der Waals surface area (Å²) in [5.74, 6) is 0. The number of hydrogen-bond donors (Lipinski definition) is 2. The molecule has 0 atom stereocenters. The number of alkyl halides is 3. The first-order chi connectivity index (χ1) is 6.34. The predicted molar refractivity (Wildman–Crippen MR) is 44.1 cm³/mol. The number of rotatable bonds is 1. The summed E-state index contributed by atoms with van der Waals surface area (Å²) < 4.78 is 36.7. The second-order valence-corrected chi connectivity index (χ2v) is 2.83. The molecule has 0 fully saturated rings. The zero-order valence-corrected chi connectivity index (χ0v) is 7.34. The maximum atomic E-state index is 12.2. The first-order valence-corrected chi connectivity index (χ1v) is 3.79. The SMILES string of the molecule is OB(O)c1c(Cl)ccnc1C(F)(F)F. The molecule has 0 bridgehead atoms. The van der Waals surface area contributed by atoms with Crippen LogP contribution in [-0.4, -0.2) is 22.2 Å². The van der Waals surface area contributed by atoms with Crippen molar-refractivity contribution in [3.8, 4) is 0 Å². The average Bonchev–Trinajstić information content (AvgIpc) is 2.01. The molecule has 1 rings (SSSR count). The Morgan fingerprint density at radius 2 is 1.93 bits per heavy atom. The van der Waals surface area contributed by atoms with E-state index in [1.165, 1.54) is 0 Å². The molecule has 0 aliphatic carbocycles. The topological polar surface area (TPSA) is 53.4 Å². The number of pyridine rings is 1. The minimum atomic E-state index is -4.76. The molecule has 76 valence electrons. The third-order valence-corrected chi connectivity index (χ3v) is 1.79. The van der Waals surface area contributed by atoms with Crippen LogP contribution in [0, 0.1) is 0 Å². The van der Waals surface area contributed by atoms with Crippen LogP contribution >= 0.6 is 11.6 Å². The Bertz CT molecular complexity index is 344. The van der Waals surface area contributed by atoms with Gasteiger partial charge >= 0.3 is 13.3 Å². The van der Waals surface area contributed by atoms with Crippen LogP contribution in [0.15, 0.2) is 12.3 Å². The molecule has 3 nitrogen and oxygen atoms in total. The minimum Gasteiger partial charge on any atom is -0.423 e. The highest BCUT2D eigenvalue weighted by molar-refractivity contribution is 6.63. The molecule has 0 unspecified atom stereocenters. The second kappa shape index (κ2) is 3.76. The lowest BCUT2D eigenvalue weighted by Gasteiger charge is -2.11. The van der Waals surface area contributed by atoms with Crippen molar-refractivity contribution in [3.63, 3.8) is 0 Å². The lowest BCUT2D eigenvalue weighted by atomic mass is 9.78. The Morgan fingerprint density at radius 1 is 1.36 bits per heavy atom. The number of hydrogen-bond acceptors (Lipinski definition) is 3. The number of aromatic nitrogens is 1. The van der Waals surface area contributed by atoms with E-state index < -0.39 is 24.5 Å². The molecule has 0 radical (unpaired) electrons. The lowest BCUT2D eigenvalue weighted by Crippen LogP contribution is -2.38. The molecule has 0 spiro atoms. The Balaban J connectivity index is 3.36. The monoisotopic (exact) mass is 225 g/mol. The molecule has 14 heavy (non-hydrogen) atoms. The first-order valence-electron chi connectivity index (χ1n) is 3.41. The van der Waals surface area contributed by atoms with Gasteiger partial charge in [-0.2, -0.15) is 13.2 Å². The molecule has 0 amide bonds. The van der Waals surface area contributed by atoms with Crippen molar-refractivity contribution in [2.24, 2.45) is 0 Å². The summed E-state index contributed by atoms with van der Waals surface area (Å²) in [5, 5.41) is 17.0. The van der Waals surface area contributed by atoms with Crippen molar-refractivity contribution < 1.29 is 23.2 Å². The van der Waals surface area contributed by atoms with Gasteiger partial charge in [0, 0.05) is 16.7 Å². The van der Waals surface area contributed by atoms with Gasteiger partial charge in [0.15, 0.2) is 0 Å². The van der Waals surface area contributed by atoms with Crippen molar-refractivity contribution in [2.75, 3.05) is 0 Å². The van der Waals surface area contributed by atoms with Crippen LogP contribution in [0.1, 0.15) is 5.69 Å². The van der Waals surface area contributed by atoms with Gasteiger partial charge in [0.2, 0.25) is 0 Å². The Hall–Kier alpha value is -0.785. The van der Waals surface area contributed by atoms with E-state index in [1.54, 1.807) is 0 Å². The van der Waals surface area contributed by atoms with Crippen LogP contribution in [-0.2, 0) is 6.18 Å². The van der Waals surface area contributed by atoms with Gasteiger partial charge in [-0.25, -0.2) is 0 Å². The molecule has 0 aromatic carbocycles. The molecule has 1 aromatic rings. The van der Waals surface area contributed by atoms with Crippen LogP contribution in [0.4, 0.5) is 13.2 Å². The fourth-order valence-electron chi connectivity index (χ4n) is 0.921. The van der Waals surface area contributed by atoms with Gasteiger partial charge < -0.3 is 10.0 Å². The van der Waals surface area contributed by atoms with Crippen molar-refractivity contribution >= 4 is 24.2 Å². The normalized spacial score (nSPS) is 11.6. The zero-order chi connectivity index (χ0) is 10.9. The molecule has 1 aromatic heterocycles. The molecule has 8 heteroatoms. The van der Waals surface area contributed by atoms with Crippen LogP contribution in [0.25, 0.3) is 0 Å².